The van der Waals surface area contributed by atoms with Crippen molar-refractivity contribution in [3.05, 3.63) is 314 Å². The second-order valence-corrected chi connectivity index (χ2v) is 25.9. The first kappa shape index (κ1) is 53.6. The van der Waals surface area contributed by atoms with Crippen molar-refractivity contribution in [2.45, 2.75) is 13.8 Å². The van der Waals surface area contributed by atoms with Gasteiger partial charge in [-0.1, -0.05) is 145 Å². The monoisotopic (exact) mass is 1220 g/mol. The van der Waals surface area contributed by atoms with Crippen molar-refractivity contribution in [1.82, 2.24) is 0 Å². The lowest BCUT2D eigenvalue weighted by Gasteiger charge is -2.28. The van der Waals surface area contributed by atoms with Gasteiger partial charge in [0.05, 0.1) is 11.4 Å². The maximum atomic E-state index is 7.70. The van der Waals surface area contributed by atoms with E-state index in [1.165, 1.54) is 51.5 Å². The minimum Gasteiger partial charge on any atom is -0.454 e. The average molecular weight is 1220 g/mol. The number of rotatable bonds is 12. The maximum absolute atomic E-state index is 7.70. The van der Waals surface area contributed by atoms with Crippen LogP contribution in [0.2, 0.25) is 0 Å². The Balaban J connectivity index is 0.977. The summed E-state index contributed by atoms with van der Waals surface area (Å²) < 4.78 is 20.4. The quantitative estimate of drug-likeness (QED) is 0.121. The Morgan fingerprint density at radius 1 is 0.228 bits per heavy atom. The summed E-state index contributed by atoms with van der Waals surface area (Å²) in [6.45, 7) is 4.27. The van der Waals surface area contributed by atoms with Gasteiger partial charge in [0.15, 0.2) is 11.2 Å². The lowest BCUT2D eigenvalue weighted by Crippen LogP contribution is -2.11. The minimum absolute atomic E-state index is 0.764. The number of para-hydroxylation sites is 4. The highest BCUT2D eigenvalue weighted by Gasteiger charge is 2.30. The van der Waals surface area contributed by atoms with Crippen LogP contribution in [0.25, 0.3) is 95.0 Å². The predicted octanol–water partition coefficient (Wildman–Crippen LogP) is 25.9. The Kier molecular flexibility index (Phi) is 12.6. The molecule has 0 atom stereocenters. The van der Waals surface area contributed by atoms with Gasteiger partial charge in [0.2, 0.25) is 0 Å². The topological polar surface area (TPSA) is 39.2 Å². The molecule has 0 fully saturated rings. The van der Waals surface area contributed by atoms with Gasteiger partial charge < -0.3 is 28.4 Å². The van der Waals surface area contributed by atoms with Crippen molar-refractivity contribution in [3.63, 3.8) is 0 Å². The third-order valence-corrected chi connectivity index (χ3v) is 20.4. The van der Waals surface area contributed by atoms with E-state index in [4.69, 9.17) is 8.83 Å². The summed E-state index contributed by atoms with van der Waals surface area (Å²) in [7, 11) is 0. The van der Waals surface area contributed by atoms with Gasteiger partial charge in [0.25, 0.3) is 0 Å². The Morgan fingerprint density at radius 2 is 0.533 bits per heavy atom. The molecular weight excluding hydrogens is 1160 g/mol. The number of thiophene rings is 2. The number of hydrogen-bond donors (Lipinski definition) is 0. The van der Waals surface area contributed by atoms with Crippen LogP contribution in [-0.4, -0.2) is 0 Å². The smallest absolute Gasteiger partial charge is 0.160 e. The van der Waals surface area contributed by atoms with Crippen LogP contribution in [0.4, 0.5) is 68.2 Å². The second-order valence-electron chi connectivity index (χ2n) is 23.8. The van der Waals surface area contributed by atoms with Crippen LogP contribution in [0.5, 0.6) is 0 Å². The zero-order valence-corrected chi connectivity index (χ0v) is 51.9. The van der Waals surface area contributed by atoms with Crippen LogP contribution in [0.3, 0.4) is 0 Å². The van der Waals surface area contributed by atoms with Crippen molar-refractivity contribution in [2.24, 2.45) is 0 Å². The van der Waals surface area contributed by atoms with Crippen LogP contribution < -0.4 is 19.6 Å². The fourth-order valence-corrected chi connectivity index (χ4v) is 16.0. The average Bonchev–Trinajstić information content (AvgIpc) is 1.50. The molecule has 0 aliphatic heterocycles. The number of hydrogen-bond acceptors (Lipinski definition) is 8. The van der Waals surface area contributed by atoms with E-state index in [2.05, 4.69) is 337 Å². The molecule has 18 aromatic rings. The Morgan fingerprint density at radius 3 is 0.924 bits per heavy atom. The first-order valence-electron chi connectivity index (χ1n) is 31.1. The maximum Gasteiger partial charge on any atom is 0.160 e. The van der Waals surface area contributed by atoms with E-state index in [0.717, 1.165) is 123 Å². The van der Waals surface area contributed by atoms with Gasteiger partial charge in [0.1, 0.15) is 11.2 Å². The normalized spacial score (nSPS) is 11.8. The SMILES string of the molecule is Cc1ccc(N(c2ccccc2)c2ccc3c(c2)oc2c(N(c4ccccc4)c4ccc5sc6ccccc6c5c4)cc4c(cc(N(c5ccccc5)c5ccc6sc7ccccc7c6c5)c5oc6cc(N(c7ccccc7)c7ccc(C)cc7)ccc6c54)c23)cc1. The molecule has 0 radical (unpaired) electrons. The molecule has 4 heterocycles. The standard InChI is InChI=1S/C84H56N4O2S2/c1-53-31-35-59(36-32-53)85(55-19-7-3-8-20-55)63-39-43-67-75(49-63)89-83-73(87(57-23-11-5-12-24-57)61-41-45-79-69(47-61)65-27-15-17-29-77(65)91-79)52-72-71(81(67)83)51-74(88(58-25-13-6-14-26-58)62-42-46-80-70(48-62)66-28-16-18-30-78(66)92-80)84-82(72)68-44-40-64(50-76(68)90-84)86(56-21-9-4-10-22-56)60-37-33-54(2)34-38-60/h3-52H,1-2H3. The van der Waals surface area contributed by atoms with Crippen molar-refractivity contribution >= 4 is 186 Å². The van der Waals surface area contributed by atoms with Gasteiger partial charge in [-0.3, -0.25) is 0 Å². The first-order chi connectivity index (χ1) is 45.4. The highest BCUT2D eigenvalue weighted by molar-refractivity contribution is 7.26. The zero-order valence-electron chi connectivity index (χ0n) is 50.3. The molecular formula is C84H56N4O2S2. The predicted molar refractivity (Wildman–Crippen MR) is 392 cm³/mol. The fraction of sp³-hybridized carbons (Fsp3) is 0.0238. The summed E-state index contributed by atoms with van der Waals surface area (Å²) in [5.74, 6) is 0. The molecule has 8 heteroatoms. The number of aryl methyl sites for hydroxylation is 2. The van der Waals surface area contributed by atoms with Crippen molar-refractivity contribution in [3.8, 4) is 0 Å². The van der Waals surface area contributed by atoms with Crippen LogP contribution in [0.1, 0.15) is 11.1 Å². The summed E-state index contributed by atoms with van der Waals surface area (Å²) in [5, 5.41) is 10.9. The van der Waals surface area contributed by atoms with Crippen LogP contribution in [-0.2, 0) is 0 Å². The van der Waals surface area contributed by atoms with Crippen molar-refractivity contribution in [2.75, 3.05) is 19.6 Å². The summed E-state index contributed by atoms with van der Waals surface area (Å²) >= 11 is 3.66. The van der Waals surface area contributed by atoms with Crippen LogP contribution >= 0.6 is 22.7 Å². The molecule has 14 aromatic carbocycles. The lowest BCUT2D eigenvalue weighted by molar-refractivity contribution is 0.668. The highest BCUT2D eigenvalue weighted by atomic mass is 32.1. The van der Waals surface area contributed by atoms with Gasteiger partial charge in [-0.2, -0.15) is 0 Å². The van der Waals surface area contributed by atoms with Gasteiger partial charge >= 0.3 is 0 Å². The minimum atomic E-state index is 0.764. The Hall–Kier alpha value is -11.4. The number of benzene rings is 14. The molecule has 4 aromatic heterocycles. The van der Waals surface area contributed by atoms with Gasteiger partial charge in [0, 0.05) is 131 Å². The van der Waals surface area contributed by atoms with Gasteiger partial charge in [-0.05, 0) is 182 Å². The van der Waals surface area contributed by atoms with Crippen LogP contribution in [0, 0.1) is 13.8 Å². The molecule has 92 heavy (non-hydrogen) atoms. The molecule has 6 nitrogen and oxygen atoms in total. The third-order valence-electron chi connectivity index (χ3n) is 18.1. The summed E-state index contributed by atoms with van der Waals surface area (Å²) in [4.78, 5) is 9.43. The number of furan rings is 2. The van der Waals surface area contributed by atoms with E-state index in [0.29, 0.717) is 0 Å². The fourth-order valence-electron chi connectivity index (χ4n) is 13.8. The van der Waals surface area contributed by atoms with Crippen molar-refractivity contribution in [1.29, 1.82) is 0 Å². The molecule has 0 unspecified atom stereocenters. The number of anilines is 12. The Labute approximate surface area is 539 Å². The molecule has 0 saturated heterocycles. The van der Waals surface area contributed by atoms with E-state index in [1.807, 2.05) is 22.7 Å². The van der Waals surface area contributed by atoms with E-state index < -0.39 is 0 Å². The molecule has 0 saturated carbocycles. The lowest BCUT2D eigenvalue weighted by atomic mass is 9.95. The molecule has 0 aliphatic rings. The van der Waals surface area contributed by atoms with Crippen molar-refractivity contribution < 1.29 is 8.83 Å². The summed E-state index contributed by atoms with van der Waals surface area (Å²) in [6.07, 6.45) is 0. The molecule has 0 aliphatic carbocycles. The molecule has 0 spiro atoms. The molecule has 0 amide bonds. The van der Waals surface area contributed by atoms with Crippen LogP contribution in [0.15, 0.2) is 312 Å². The molecule has 0 N–H and O–H groups in total. The van der Waals surface area contributed by atoms with E-state index in [9.17, 15) is 0 Å². The molecule has 436 valence electrons. The van der Waals surface area contributed by atoms with E-state index >= 15 is 0 Å². The highest BCUT2D eigenvalue weighted by Crippen LogP contribution is 2.54. The van der Waals surface area contributed by atoms with E-state index in [-0.39, 0.29) is 0 Å². The second kappa shape index (κ2) is 21.7. The summed E-state index contributed by atoms with van der Waals surface area (Å²) in [5.41, 5.74) is 17.5. The van der Waals surface area contributed by atoms with Gasteiger partial charge in [-0.15, -0.1) is 22.7 Å². The van der Waals surface area contributed by atoms with E-state index in [1.54, 1.807) is 0 Å². The largest absolute Gasteiger partial charge is 0.454 e. The number of nitrogens with zero attached hydrogens (tertiary/aromatic N) is 4. The molecule has 18 rings (SSSR count). The number of fused-ring (bicyclic) bond motifs is 15. The Bertz CT molecular complexity index is 5500. The molecule has 0 bridgehead atoms. The third kappa shape index (κ3) is 8.90. The summed E-state index contributed by atoms with van der Waals surface area (Å²) in [6, 6.07) is 110. The zero-order chi connectivity index (χ0) is 61.0. The first-order valence-corrected chi connectivity index (χ1v) is 32.7. The van der Waals surface area contributed by atoms with Gasteiger partial charge in [-0.25, -0.2) is 0 Å².